The van der Waals surface area contributed by atoms with Crippen molar-refractivity contribution in [3.63, 3.8) is 0 Å². The van der Waals surface area contributed by atoms with Gasteiger partial charge in [-0.15, -0.1) is 11.3 Å². The molecule has 0 bridgehead atoms. The summed E-state index contributed by atoms with van der Waals surface area (Å²) in [4.78, 5) is 17.1. The number of carbonyl (C=O) groups excluding carboxylic acids is 1. The van der Waals surface area contributed by atoms with Crippen molar-refractivity contribution < 1.29 is 13.6 Å². The lowest BCUT2D eigenvalue weighted by molar-refractivity contribution is 0.0654. The Labute approximate surface area is 154 Å². The van der Waals surface area contributed by atoms with Crippen molar-refractivity contribution in [3.05, 3.63) is 58.6 Å². The number of nitrogens with zero attached hydrogens (tertiary/aromatic N) is 3. The van der Waals surface area contributed by atoms with Gasteiger partial charge in [0.2, 0.25) is 0 Å². The lowest BCUT2D eigenvalue weighted by Gasteiger charge is -2.32. The number of piperazine rings is 1. The van der Waals surface area contributed by atoms with Gasteiger partial charge in [0.1, 0.15) is 17.3 Å². The van der Waals surface area contributed by atoms with Gasteiger partial charge in [-0.25, -0.2) is 8.78 Å². The van der Waals surface area contributed by atoms with E-state index < -0.39 is 11.6 Å². The van der Waals surface area contributed by atoms with Crippen molar-refractivity contribution in [2.45, 2.75) is 6.54 Å². The highest BCUT2D eigenvalue weighted by Gasteiger charge is 2.25. The fraction of sp³-hybridized carbons (Fsp3) is 0.316. The normalized spacial score (nSPS) is 15.7. The van der Waals surface area contributed by atoms with Gasteiger partial charge in [-0.3, -0.25) is 4.79 Å². The van der Waals surface area contributed by atoms with E-state index in [1.165, 1.54) is 12.1 Å². The Morgan fingerprint density at radius 2 is 1.88 bits per heavy atom. The van der Waals surface area contributed by atoms with Crippen LogP contribution in [0, 0.1) is 11.6 Å². The van der Waals surface area contributed by atoms with Crippen LogP contribution in [0.3, 0.4) is 0 Å². The number of hydrogen-bond donors (Lipinski definition) is 0. The maximum Gasteiger partial charge on any atom is 0.270 e. The molecule has 26 heavy (non-hydrogen) atoms. The second-order valence-electron chi connectivity index (χ2n) is 6.62. The van der Waals surface area contributed by atoms with Crippen LogP contribution < -0.4 is 0 Å². The number of rotatable bonds is 3. The van der Waals surface area contributed by atoms with Crippen LogP contribution in [0.1, 0.15) is 16.1 Å². The van der Waals surface area contributed by atoms with Crippen molar-refractivity contribution in [1.82, 2.24) is 14.4 Å². The molecule has 0 spiro atoms. The molecule has 0 atom stereocenters. The number of halogens is 2. The van der Waals surface area contributed by atoms with E-state index in [0.717, 1.165) is 29.4 Å². The molecule has 7 heteroatoms. The summed E-state index contributed by atoms with van der Waals surface area (Å²) in [5, 5.41) is 1.95. The highest BCUT2D eigenvalue weighted by atomic mass is 32.1. The molecule has 136 valence electrons. The molecule has 4 rings (SSSR count). The van der Waals surface area contributed by atoms with Gasteiger partial charge in [0.25, 0.3) is 5.91 Å². The summed E-state index contributed by atoms with van der Waals surface area (Å²) in [5.41, 5.74) is 1.82. The number of aromatic nitrogens is 1. The van der Waals surface area contributed by atoms with Gasteiger partial charge in [-0.2, -0.15) is 0 Å². The van der Waals surface area contributed by atoms with Crippen LogP contribution in [0.25, 0.3) is 10.2 Å². The molecule has 0 saturated carbocycles. The van der Waals surface area contributed by atoms with E-state index in [1.54, 1.807) is 11.3 Å². The van der Waals surface area contributed by atoms with Gasteiger partial charge in [0, 0.05) is 37.8 Å². The number of likely N-dealkylation sites (N-methyl/N-ethyl adjacent to an activating group) is 1. The summed E-state index contributed by atoms with van der Waals surface area (Å²) < 4.78 is 30.2. The van der Waals surface area contributed by atoms with Gasteiger partial charge < -0.3 is 14.4 Å². The average molecular weight is 375 g/mol. The molecule has 3 aromatic rings. The van der Waals surface area contributed by atoms with E-state index in [9.17, 15) is 13.6 Å². The predicted molar refractivity (Wildman–Crippen MR) is 98.7 cm³/mol. The average Bonchev–Trinajstić information content (AvgIpc) is 3.19. The Balaban J connectivity index is 1.70. The van der Waals surface area contributed by atoms with Crippen LogP contribution in [0.5, 0.6) is 0 Å². The minimum absolute atomic E-state index is 0.0379. The first-order valence-corrected chi connectivity index (χ1v) is 9.39. The Kier molecular flexibility index (Phi) is 4.50. The van der Waals surface area contributed by atoms with Crippen molar-refractivity contribution in [2.24, 2.45) is 0 Å². The standard InChI is InChI=1S/C19H19F2N3OS/c1-22-5-7-23(8-6-22)19(25)17-11-18-16(4-9-26-18)24(17)12-13-2-3-14(20)10-15(13)21/h2-4,9-11H,5-8,12H2,1H3. The predicted octanol–water partition coefficient (Wildman–Crippen LogP) is 3.42. The summed E-state index contributed by atoms with van der Waals surface area (Å²) in [6.45, 7) is 3.24. The number of benzene rings is 1. The minimum atomic E-state index is -0.604. The van der Waals surface area contributed by atoms with Crippen LogP contribution >= 0.6 is 11.3 Å². The van der Waals surface area contributed by atoms with Crippen molar-refractivity contribution >= 4 is 27.5 Å². The SMILES string of the molecule is CN1CCN(C(=O)c2cc3sccc3n2Cc2ccc(F)cc2F)CC1. The summed E-state index contributed by atoms with van der Waals surface area (Å²) in [7, 11) is 2.04. The third-order valence-electron chi connectivity index (χ3n) is 4.88. The van der Waals surface area contributed by atoms with Crippen molar-refractivity contribution in [2.75, 3.05) is 33.2 Å². The zero-order valence-electron chi connectivity index (χ0n) is 14.4. The van der Waals surface area contributed by atoms with Gasteiger partial charge in [-0.05, 0) is 30.6 Å². The third-order valence-corrected chi connectivity index (χ3v) is 5.73. The number of thiophene rings is 1. The first-order chi connectivity index (χ1) is 12.5. The van der Waals surface area contributed by atoms with Gasteiger partial charge in [0.15, 0.2) is 0 Å². The van der Waals surface area contributed by atoms with Crippen LogP contribution in [-0.2, 0) is 6.54 Å². The van der Waals surface area contributed by atoms with Crippen molar-refractivity contribution in [1.29, 1.82) is 0 Å². The Morgan fingerprint density at radius 1 is 1.12 bits per heavy atom. The molecule has 2 aromatic heterocycles. The second-order valence-corrected chi connectivity index (χ2v) is 7.56. The van der Waals surface area contributed by atoms with Crippen molar-refractivity contribution in [3.8, 4) is 0 Å². The fourth-order valence-corrected chi connectivity index (χ4v) is 4.14. The zero-order chi connectivity index (χ0) is 18.3. The molecular formula is C19H19F2N3OS. The van der Waals surface area contributed by atoms with E-state index in [4.69, 9.17) is 0 Å². The maximum atomic E-state index is 14.1. The zero-order valence-corrected chi connectivity index (χ0v) is 15.2. The molecule has 1 amide bonds. The molecule has 1 aromatic carbocycles. The summed E-state index contributed by atoms with van der Waals surface area (Å²) in [5.74, 6) is -1.24. The summed E-state index contributed by atoms with van der Waals surface area (Å²) in [6, 6.07) is 7.37. The second kappa shape index (κ2) is 6.81. The Hall–Kier alpha value is -2.25. The summed E-state index contributed by atoms with van der Waals surface area (Å²) in [6.07, 6.45) is 0. The quantitative estimate of drug-likeness (QED) is 0.702. The van der Waals surface area contributed by atoms with Gasteiger partial charge in [0.05, 0.1) is 16.8 Å². The lowest BCUT2D eigenvalue weighted by Crippen LogP contribution is -2.47. The Bertz CT molecular complexity index is 957. The fourth-order valence-electron chi connectivity index (χ4n) is 3.32. The van der Waals surface area contributed by atoms with E-state index in [1.807, 2.05) is 34.0 Å². The van der Waals surface area contributed by atoms with Gasteiger partial charge >= 0.3 is 0 Å². The topological polar surface area (TPSA) is 28.5 Å². The van der Waals surface area contributed by atoms with E-state index >= 15 is 0 Å². The third kappa shape index (κ3) is 3.12. The molecule has 3 heterocycles. The smallest absolute Gasteiger partial charge is 0.270 e. The number of amides is 1. The molecule has 1 aliphatic heterocycles. The number of hydrogen-bond acceptors (Lipinski definition) is 3. The molecule has 0 radical (unpaired) electrons. The minimum Gasteiger partial charge on any atom is -0.335 e. The molecular weight excluding hydrogens is 356 g/mol. The van der Waals surface area contributed by atoms with Crippen LogP contribution in [0.2, 0.25) is 0 Å². The van der Waals surface area contributed by atoms with E-state index in [0.29, 0.717) is 24.3 Å². The van der Waals surface area contributed by atoms with E-state index in [2.05, 4.69) is 4.90 Å². The molecule has 1 fully saturated rings. The molecule has 4 nitrogen and oxygen atoms in total. The molecule has 0 N–H and O–H groups in total. The lowest BCUT2D eigenvalue weighted by atomic mass is 10.2. The molecule has 0 unspecified atom stereocenters. The highest BCUT2D eigenvalue weighted by molar-refractivity contribution is 7.17. The largest absolute Gasteiger partial charge is 0.335 e. The van der Waals surface area contributed by atoms with Gasteiger partial charge in [-0.1, -0.05) is 6.07 Å². The monoisotopic (exact) mass is 375 g/mol. The van der Waals surface area contributed by atoms with E-state index in [-0.39, 0.29) is 12.5 Å². The maximum absolute atomic E-state index is 14.1. The van der Waals surface area contributed by atoms with Crippen LogP contribution in [-0.4, -0.2) is 53.5 Å². The van der Waals surface area contributed by atoms with Crippen LogP contribution in [0.15, 0.2) is 35.7 Å². The molecule has 1 saturated heterocycles. The molecule has 1 aliphatic rings. The number of carbonyl (C=O) groups is 1. The Morgan fingerprint density at radius 3 is 2.62 bits per heavy atom. The molecule has 0 aliphatic carbocycles. The van der Waals surface area contributed by atoms with Crippen LogP contribution in [0.4, 0.5) is 8.78 Å². The first kappa shape index (κ1) is 17.2. The number of fused-ring (bicyclic) bond motifs is 1. The summed E-state index contributed by atoms with van der Waals surface area (Å²) >= 11 is 1.55. The first-order valence-electron chi connectivity index (χ1n) is 8.51. The highest BCUT2D eigenvalue weighted by Crippen LogP contribution is 2.28.